The summed E-state index contributed by atoms with van der Waals surface area (Å²) < 4.78 is 26.9. The van der Waals surface area contributed by atoms with E-state index in [1.54, 1.807) is 16.7 Å². The van der Waals surface area contributed by atoms with Crippen molar-refractivity contribution in [2.75, 3.05) is 0 Å². The molecular formula is C22H21N3O2S4. The van der Waals surface area contributed by atoms with Crippen LogP contribution in [0.2, 0.25) is 0 Å². The Balaban J connectivity index is 1.55. The first kappa shape index (κ1) is 22.0. The molecule has 5 nitrogen and oxygen atoms in total. The molecule has 0 amide bonds. The highest BCUT2D eigenvalue weighted by atomic mass is 32.2. The zero-order valence-corrected chi connectivity index (χ0v) is 20.5. The van der Waals surface area contributed by atoms with Crippen molar-refractivity contribution in [3.8, 4) is 10.7 Å². The summed E-state index contributed by atoms with van der Waals surface area (Å²) >= 11 is 4.00. The van der Waals surface area contributed by atoms with Crippen LogP contribution in [-0.4, -0.2) is 23.4 Å². The number of rotatable bonds is 7. The average Bonchev–Trinajstić information content (AvgIpc) is 3.49. The molecule has 0 fully saturated rings. The van der Waals surface area contributed by atoms with Gasteiger partial charge in [0.1, 0.15) is 10.7 Å². The molecule has 0 bridgehead atoms. The Labute approximate surface area is 193 Å². The van der Waals surface area contributed by atoms with Crippen LogP contribution >= 0.6 is 34.0 Å². The molecule has 0 unspecified atom stereocenters. The summed E-state index contributed by atoms with van der Waals surface area (Å²) in [5.74, 6) is 0.686. The van der Waals surface area contributed by atoms with E-state index in [4.69, 9.17) is 0 Å². The molecule has 0 N–H and O–H groups in total. The van der Waals surface area contributed by atoms with Gasteiger partial charge in [0.05, 0.1) is 15.2 Å². The molecular weight excluding hydrogens is 467 g/mol. The lowest BCUT2D eigenvalue weighted by Gasteiger charge is -1.99. The lowest BCUT2D eigenvalue weighted by Crippen LogP contribution is -2.01. The first-order valence-corrected chi connectivity index (χ1v) is 13.8. The maximum atomic E-state index is 13.0. The van der Waals surface area contributed by atoms with Gasteiger partial charge in [0.2, 0.25) is 4.34 Å². The number of para-hydroxylation sites is 1. The molecule has 160 valence electrons. The zero-order valence-electron chi connectivity index (χ0n) is 17.2. The second-order valence-corrected chi connectivity index (χ2v) is 12.2. The van der Waals surface area contributed by atoms with E-state index < -0.39 is 9.84 Å². The standard InChI is InChI=1S/C22H21N3O2S4/c1-14(2)8-4-5-9-15(3)20-23-17(12-28-20)21-25-19(13-29-21)31(26,27)22-24-16-10-6-7-11-18(16)30-22/h4-15H,1-3H3/b8-4+,9-5+/t15-/m0/s1. The van der Waals surface area contributed by atoms with Crippen LogP contribution in [0.3, 0.4) is 0 Å². The molecule has 1 aromatic carbocycles. The lowest BCUT2D eigenvalue weighted by molar-refractivity contribution is 0.592. The molecule has 31 heavy (non-hydrogen) atoms. The van der Waals surface area contributed by atoms with E-state index in [0.717, 1.165) is 21.0 Å². The monoisotopic (exact) mass is 487 g/mol. The van der Waals surface area contributed by atoms with E-state index in [1.165, 1.54) is 11.3 Å². The van der Waals surface area contributed by atoms with Crippen molar-refractivity contribution >= 4 is 54.1 Å². The Morgan fingerprint density at radius 2 is 1.71 bits per heavy atom. The van der Waals surface area contributed by atoms with Crippen molar-refractivity contribution in [1.82, 2.24) is 15.0 Å². The van der Waals surface area contributed by atoms with E-state index in [-0.39, 0.29) is 15.3 Å². The maximum Gasteiger partial charge on any atom is 0.251 e. The second-order valence-electron chi connectivity index (χ2n) is 7.32. The Morgan fingerprint density at radius 1 is 0.935 bits per heavy atom. The van der Waals surface area contributed by atoms with Gasteiger partial charge in [-0.2, -0.15) is 0 Å². The summed E-state index contributed by atoms with van der Waals surface area (Å²) in [4.78, 5) is 13.3. The molecule has 0 aliphatic heterocycles. The summed E-state index contributed by atoms with van der Waals surface area (Å²) in [5, 5.41) is 5.08. The van der Waals surface area contributed by atoms with Crippen molar-refractivity contribution < 1.29 is 8.42 Å². The number of benzene rings is 1. The van der Waals surface area contributed by atoms with Gasteiger partial charge in [-0.15, -0.1) is 34.0 Å². The van der Waals surface area contributed by atoms with Crippen LogP contribution in [0.5, 0.6) is 0 Å². The van der Waals surface area contributed by atoms with Gasteiger partial charge in [-0.3, -0.25) is 0 Å². The molecule has 4 aromatic rings. The van der Waals surface area contributed by atoms with Gasteiger partial charge in [0.15, 0.2) is 5.03 Å². The first-order valence-electron chi connectivity index (χ1n) is 9.71. The summed E-state index contributed by atoms with van der Waals surface area (Å²) in [7, 11) is -3.76. The third-order valence-electron chi connectivity index (χ3n) is 4.40. The molecule has 0 aliphatic rings. The number of thiazole rings is 3. The van der Waals surface area contributed by atoms with Crippen LogP contribution in [-0.2, 0) is 9.84 Å². The molecule has 0 spiro atoms. The molecule has 3 aromatic heterocycles. The predicted octanol–water partition coefficient (Wildman–Crippen LogP) is 6.58. The third-order valence-corrected chi connectivity index (χ3v) is 9.51. The minimum absolute atomic E-state index is 0.0212. The molecule has 0 radical (unpaired) electrons. The van der Waals surface area contributed by atoms with Crippen molar-refractivity contribution in [2.24, 2.45) is 5.92 Å². The van der Waals surface area contributed by atoms with Crippen LogP contribution in [0.4, 0.5) is 0 Å². The highest BCUT2D eigenvalue weighted by Gasteiger charge is 2.26. The Bertz CT molecular complexity index is 1330. The van der Waals surface area contributed by atoms with E-state index in [0.29, 0.717) is 22.1 Å². The number of allylic oxidation sites excluding steroid dienone is 4. The predicted molar refractivity (Wildman–Crippen MR) is 130 cm³/mol. The van der Waals surface area contributed by atoms with Gasteiger partial charge >= 0.3 is 0 Å². The number of nitrogens with zero attached hydrogens (tertiary/aromatic N) is 3. The topological polar surface area (TPSA) is 72.8 Å². The lowest BCUT2D eigenvalue weighted by atomic mass is 10.1. The summed E-state index contributed by atoms with van der Waals surface area (Å²) in [5.41, 5.74) is 1.38. The molecule has 9 heteroatoms. The second kappa shape index (κ2) is 9.12. The fourth-order valence-corrected chi connectivity index (χ4v) is 7.29. The number of fused-ring (bicyclic) bond motifs is 1. The maximum absolute atomic E-state index is 13.0. The molecule has 4 rings (SSSR count). The Morgan fingerprint density at radius 3 is 2.48 bits per heavy atom. The fourth-order valence-electron chi connectivity index (χ4n) is 2.75. The SMILES string of the molecule is CC(C)/C=C/C=C/[C@H](C)c1nc(-c2nc(S(=O)(=O)c3nc4ccccc4s3)cs2)cs1. The quantitative estimate of drug-likeness (QED) is 0.275. The number of hydrogen-bond donors (Lipinski definition) is 0. The van der Waals surface area contributed by atoms with Crippen LogP contribution < -0.4 is 0 Å². The average molecular weight is 488 g/mol. The van der Waals surface area contributed by atoms with Gasteiger partial charge in [0.25, 0.3) is 9.84 Å². The van der Waals surface area contributed by atoms with E-state index in [2.05, 4.69) is 54.0 Å². The Hall–Kier alpha value is -2.20. The van der Waals surface area contributed by atoms with E-state index >= 15 is 0 Å². The molecule has 0 saturated heterocycles. The number of sulfone groups is 1. The normalized spacial score (nSPS) is 13.8. The van der Waals surface area contributed by atoms with Crippen molar-refractivity contribution in [2.45, 2.75) is 36.1 Å². The minimum atomic E-state index is -3.76. The number of aromatic nitrogens is 3. The van der Waals surface area contributed by atoms with Crippen LogP contribution in [0, 0.1) is 5.92 Å². The molecule has 0 aliphatic carbocycles. The zero-order chi connectivity index (χ0) is 22.0. The van der Waals surface area contributed by atoms with Crippen molar-refractivity contribution in [1.29, 1.82) is 0 Å². The number of hydrogen-bond acceptors (Lipinski definition) is 8. The first-order chi connectivity index (χ1) is 14.8. The minimum Gasteiger partial charge on any atom is -0.238 e. The summed E-state index contributed by atoms with van der Waals surface area (Å²) in [6, 6.07) is 7.39. The summed E-state index contributed by atoms with van der Waals surface area (Å²) in [6.07, 6.45) is 8.33. The highest BCUT2D eigenvalue weighted by molar-refractivity contribution is 7.93. The molecule has 1 atom stereocenters. The van der Waals surface area contributed by atoms with Gasteiger partial charge in [0, 0.05) is 16.7 Å². The molecule has 0 saturated carbocycles. The fraction of sp³-hybridized carbons (Fsp3) is 0.227. The Kier molecular flexibility index (Phi) is 6.47. The van der Waals surface area contributed by atoms with Crippen molar-refractivity contribution in [3.63, 3.8) is 0 Å². The molecule has 3 heterocycles. The summed E-state index contributed by atoms with van der Waals surface area (Å²) in [6.45, 7) is 6.37. The van der Waals surface area contributed by atoms with Crippen LogP contribution in [0.15, 0.2) is 68.7 Å². The van der Waals surface area contributed by atoms with E-state index in [9.17, 15) is 8.42 Å². The highest BCUT2D eigenvalue weighted by Crippen LogP contribution is 2.33. The third kappa shape index (κ3) is 4.85. The van der Waals surface area contributed by atoms with Gasteiger partial charge in [-0.1, -0.05) is 57.2 Å². The smallest absolute Gasteiger partial charge is 0.238 e. The van der Waals surface area contributed by atoms with Crippen LogP contribution in [0.1, 0.15) is 31.7 Å². The van der Waals surface area contributed by atoms with E-state index in [1.807, 2.05) is 35.7 Å². The van der Waals surface area contributed by atoms with Crippen LogP contribution in [0.25, 0.3) is 20.9 Å². The largest absolute Gasteiger partial charge is 0.251 e. The van der Waals surface area contributed by atoms with Gasteiger partial charge < -0.3 is 0 Å². The van der Waals surface area contributed by atoms with Crippen molar-refractivity contribution in [3.05, 3.63) is 64.3 Å². The van der Waals surface area contributed by atoms with Gasteiger partial charge in [-0.25, -0.2) is 23.4 Å². The van der Waals surface area contributed by atoms with Gasteiger partial charge in [-0.05, 0) is 18.1 Å².